The molecular weight excluding hydrogens is 192 g/mol. The lowest BCUT2D eigenvalue weighted by atomic mass is 9.86. The summed E-state index contributed by atoms with van der Waals surface area (Å²) in [7, 11) is 0. The zero-order valence-corrected chi connectivity index (χ0v) is 8.06. The molecule has 0 saturated carbocycles. The molecule has 2 heterocycles. The maximum atomic E-state index is 11.8. The van der Waals surface area contributed by atoms with E-state index in [1.165, 1.54) is 0 Å². The Morgan fingerprint density at radius 3 is 3.20 bits per heavy atom. The van der Waals surface area contributed by atoms with Crippen LogP contribution in [0.4, 0.5) is 0 Å². The number of carbonyl (C=O) groups is 1. The molecule has 1 atom stereocenters. The first kappa shape index (κ1) is 8.47. The Bertz CT molecular complexity index is 484. The number of furan rings is 1. The van der Waals surface area contributed by atoms with E-state index in [2.05, 4.69) is 10.2 Å². The van der Waals surface area contributed by atoms with Crippen molar-refractivity contribution in [1.29, 1.82) is 0 Å². The van der Waals surface area contributed by atoms with Crippen molar-refractivity contribution in [2.75, 3.05) is 0 Å². The first-order valence-corrected chi connectivity index (χ1v) is 4.93. The van der Waals surface area contributed by atoms with Crippen molar-refractivity contribution in [3.8, 4) is 0 Å². The molecule has 1 aliphatic carbocycles. The van der Waals surface area contributed by atoms with Gasteiger partial charge in [-0.05, 0) is 12.1 Å². The molecule has 0 fully saturated rings. The van der Waals surface area contributed by atoms with E-state index in [0.717, 1.165) is 23.4 Å². The summed E-state index contributed by atoms with van der Waals surface area (Å²) < 4.78 is 5.33. The van der Waals surface area contributed by atoms with E-state index in [1.807, 2.05) is 12.1 Å². The lowest BCUT2D eigenvalue weighted by Crippen LogP contribution is -2.17. The number of aromatic amines is 1. The number of Topliss-reactive ketones (excluding diaryl/α,β-unsaturated/α-hetero) is 1. The molecule has 0 aromatic carbocycles. The summed E-state index contributed by atoms with van der Waals surface area (Å²) in [5, 5.41) is 6.76. The second-order valence-corrected chi connectivity index (χ2v) is 3.81. The topological polar surface area (TPSA) is 58.9 Å². The molecule has 1 N–H and O–H groups in total. The molecule has 0 saturated heterocycles. The van der Waals surface area contributed by atoms with Crippen molar-refractivity contribution in [3.05, 3.63) is 41.6 Å². The third-order valence-corrected chi connectivity index (χ3v) is 2.85. The average Bonchev–Trinajstić information content (AvgIpc) is 2.88. The fraction of sp³-hybridized carbons (Fsp3) is 0.273. The quantitative estimate of drug-likeness (QED) is 0.768. The van der Waals surface area contributed by atoms with Crippen LogP contribution in [0.25, 0.3) is 0 Å². The average molecular weight is 202 g/mol. The highest BCUT2D eigenvalue weighted by Gasteiger charge is 2.28. The van der Waals surface area contributed by atoms with Crippen molar-refractivity contribution < 1.29 is 9.21 Å². The zero-order valence-electron chi connectivity index (χ0n) is 8.06. The summed E-state index contributed by atoms with van der Waals surface area (Å²) in [6, 6.07) is 3.77. The highest BCUT2D eigenvalue weighted by molar-refractivity contribution is 5.98. The predicted molar refractivity (Wildman–Crippen MR) is 52.7 cm³/mol. The smallest absolute Gasteiger partial charge is 0.167 e. The second kappa shape index (κ2) is 3.08. The Kier molecular flexibility index (Phi) is 1.74. The van der Waals surface area contributed by atoms with Crippen LogP contribution in [0.2, 0.25) is 0 Å². The van der Waals surface area contributed by atoms with E-state index >= 15 is 0 Å². The normalized spacial score (nSPS) is 20.3. The van der Waals surface area contributed by atoms with E-state index in [4.69, 9.17) is 4.42 Å². The van der Waals surface area contributed by atoms with E-state index in [-0.39, 0.29) is 11.7 Å². The van der Waals surface area contributed by atoms with E-state index < -0.39 is 0 Å². The highest BCUT2D eigenvalue weighted by Crippen LogP contribution is 2.31. The first-order valence-electron chi connectivity index (χ1n) is 4.93. The van der Waals surface area contributed by atoms with Crippen LogP contribution >= 0.6 is 0 Å². The van der Waals surface area contributed by atoms with E-state index in [9.17, 15) is 4.79 Å². The van der Waals surface area contributed by atoms with Gasteiger partial charge in [0.2, 0.25) is 0 Å². The summed E-state index contributed by atoms with van der Waals surface area (Å²) >= 11 is 0. The number of hydrogen-bond acceptors (Lipinski definition) is 3. The molecule has 76 valence electrons. The van der Waals surface area contributed by atoms with Crippen LogP contribution in [0.15, 0.2) is 29.0 Å². The number of aromatic nitrogens is 2. The minimum Gasteiger partial charge on any atom is -0.469 e. The summed E-state index contributed by atoms with van der Waals surface area (Å²) in [4.78, 5) is 11.8. The lowest BCUT2D eigenvalue weighted by Gasteiger charge is -2.18. The summed E-state index contributed by atoms with van der Waals surface area (Å²) in [5.41, 5.74) is 1.66. The molecular formula is C11H10N2O2. The lowest BCUT2D eigenvalue weighted by molar-refractivity contribution is 0.0960. The van der Waals surface area contributed by atoms with Gasteiger partial charge in [-0.3, -0.25) is 9.89 Å². The van der Waals surface area contributed by atoms with Crippen LogP contribution in [-0.4, -0.2) is 16.0 Å². The van der Waals surface area contributed by atoms with Gasteiger partial charge in [0, 0.05) is 24.5 Å². The molecule has 2 aromatic heterocycles. The van der Waals surface area contributed by atoms with Crippen molar-refractivity contribution in [2.24, 2.45) is 0 Å². The standard InChI is InChI=1S/C11H10N2O2/c14-10-5-7(11-2-1-3-15-11)4-9-8(10)6-12-13-9/h1-3,6-7H,4-5H2,(H,12,13)/t7-/m0/s1. The van der Waals surface area contributed by atoms with Gasteiger partial charge in [0.1, 0.15) is 5.76 Å². The van der Waals surface area contributed by atoms with Gasteiger partial charge < -0.3 is 4.42 Å². The van der Waals surface area contributed by atoms with Gasteiger partial charge in [-0.25, -0.2) is 0 Å². The van der Waals surface area contributed by atoms with Crippen LogP contribution in [0, 0.1) is 0 Å². The third kappa shape index (κ3) is 1.29. The number of H-pyrrole nitrogens is 1. The molecule has 0 radical (unpaired) electrons. The molecule has 0 bridgehead atoms. The number of nitrogens with zero attached hydrogens (tertiary/aromatic N) is 1. The van der Waals surface area contributed by atoms with Gasteiger partial charge in [0.05, 0.1) is 18.0 Å². The fourth-order valence-corrected chi connectivity index (χ4v) is 2.09. The number of hydrogen-bond donors (Lipinski definition) is 1. The van der Waals surface area contributed by atoms with Gasteiger partial charge in [0.25, 0.3) is 0 Å². The molecule has 0 aliphatic heterocycles. The fourth-order valence-electron chi connectivity index (χ4n) is 2.09. The van der Waals surface area contributed by atoms with Crippen LogP contribution in [0.3, 0.4) is 0 Å². The molecule has 0 spiro atoms. The van der Waals surface area contributed by atoms with Crippen LogP contribution < -0.4 is 0 Å². The summed E-state index contributed by atoms with van der Waals surface area (Å²) in [5.74, 6) is 1.18. The number of nitrogens with one attached hydrogen (secondary N) is 1. The number of fused-ring (bicyclic) bond motifs is 1. The van der Waals surface area contributed by atoms with Gasteiger partial charge in [-0.2, -0.15) is 5.10 Å². The predicted octanol–water partition coefficient (Wildman–Crippen LogP) is 1.92. The largest absolute Gasteiger partial charge is 0.469 e. The minimum absolute atomic E-state index is 0.145. The third-order valence-electron chi connectivity index (χ3n) is 2.85. The maximum absolute atomic E-state index is 11.8. The zero-order chi connectivity index (χ0) is 10.3. The van der Waals surface area contributed by atoms with Crippen molar-refractivity contribution in [1.82, 2.24) is 10.2 Å². The molecule has 4 heteroatoms. The Balaban J connectivity index is 1.96. The van der Waals surface area contributed by atoms with Crippen molar-refractivity contribution >= 4 is 5.78 Å². The monoisotopic (exact) mass is 202 g/mol. The molecule has 2 aromatic rings. The first-order chi connectivity index (χ1) is 7.34. The van der Waals surface area contributed by atoms with Crippen LogP contribution in [-0.2, 0) is 6.42 Å². The van der Waals surface area contributed by atoms with Gasteiger partial charge in [-0.1, -0.05) is 0 Å². The van der Waals surface area contributed by atoms with Gasteiger partial charge in [-0.15, -0.1) is 0 Å². The van der Waals surface area contributed by atoms with Crippen molar-refractivity contribution in [2.45, 2.75) is 18.8 Å². The maximum Gasteiger partial charge on any atom is 0.167 e. The van der Waals surface area contributed by atoms with Gasteiger partial charge in [0.15, 0.2) is 5.78 Å². The number of rotatable bonds is 1. The molecule has 0 amide bonds. The van der Waals surface area contributed by atoms with E-state index in [1.54, 1.807) is 12.5 Å². The SMILES string of the molecule is O=C1C[C@@H](c2ccco2)Cc2[nH]ncc21. The molecule has 4 nitrogen and oxygen atoms in total. The van der Waals surface area contributed by atoms with Crippen molar-refractivity contribution in [3.63, 3.8) is 0 Å². The summed E-state index contributed by atoms with van der Waals surface area (Å²) in [6.07, 6.45) is 4.56. The second-order valence-electron chi connectivity index (χ2n) is 3.81. The molecule has 0 unspecified atom stereocenters. The summed E-state index contributed by atoms with van der Waals surface area (Å²) in [6.45, 7) is 0. The Labute approximate surface area is 86.3 Å². The molecule has 15 heavy (non-hydrogen) atoms. The molecule has 3 rings (SSSR count). The van der Waals surface area contributed by atoms with Gasteiger partial charge >= 0.3 is 0 Å². The van der Waals surface area contributed by atoms with E-state index in [0.29, 0.717) is 6.42 Å². The number of carbonyl (C=O) groups excluding carboxylic acids is 1. The Morgan fingerprint density at radius 1 is 1.47 bits per heavy atom. The highest BCUT2D eigenvalue weighted by atomic mass is 16.3. The minimum atomic E-state index is 0.145. The Hall–Kier alpha value is -1.84. The number of ketones is 1. The van der Waals surface area contributed by atoms with Crippen LogP contribution in [0.5, 0.6) is 0 Å². The molecule has 1 aliphatic rings. The Morgan fingerprint density at radius 2 is 2.40 bits per heavy atom. The van der Waals surface area contributed by atoms with Crippen LogP contribution in [0.1, 0.15) is 34.2 Å².